The van der Waals surface area contributed by atoms with Crippen LogP contribution in [-0.4, -0.2) is 23.8 Å². The molecule has 0 aromatic heterocycles. The van der Waals surface area contributed by atoms with Crippen molar-refractivity contribution in [1.29, 1.82) is 0 Å². The minimum Gasteiger partial charge on any atom is -0.370 e. The molecule has 0 amide bonds. The second kappa shape index (κ2) is 7.37. The second-order valence-electron chi connectivity index (χ2n) is 11.2. The molecule has 0 radical (unpaired) electrons. The molecule has 0 N–H and O–H groups in total. The van der Waals surface area contributed by atoms with E-state index in [9.17, 15) is 9.59 Å². The van der Waals surface area contributed by atoms with Crippen LogP contribution in [0.2, 0.25) is 0 Å². The van der Waals surface area contributed by atoms with Crippen molar-refractivity contribution < 1.29 is 14.3 Å². The fourth-order valence-electron chi connectivity index (χ4n) is 8.37. The van der Waals surface area contributed by atoms with Crippen molar-refractivity contribution in [1.82, 2.24) is 0 Å². The molecule has 1 heterocycles. The van der Waals surface area contributed by atoms with Gasteiger partial charge in [0.2, 0.25) is 0 Å². The lowest BCUT2D eigenvalue weighted by Crippen LogP contribution is -2.52. The molecule has 172 valence electrons. The molecule has 6 rings (SSSR count). The first-order valence-corrected chi connectivity index (χ1v) is 12.7. The van der Waals surface area contributed by atoms with Crippen LogP contribution in [0.25, 0.3) is 0 Å². The average molecular weight is 443 g/mol. The smallest absolute Gasteiger partial charge is 0.159 e. The van der Waals surface area contributed by atoms with E-state index in [4.69, 9.17) is 4.74 Å². The number of Topliss-reactive ketones (excluding diaryl/α,β-unsaturated/α-hetero) is 1. The molecule has 33 heavy (non-hydrogen) atoms. The van der Waals surface area contributed by atoms with E-state index in [-0.39, 0.29) is 22.6 Å². The van der Waals surface area contributed by atoms with Crippen molar-refractivity contribution in [2.24, 2.45) is 17.3 Å². The number of rotatable bonds is 2. The number of carbonyl (C=O) groups is 2. The minimum absolute atomic E-state index is 0.0604. The van der Waals surface area contributed by atoms with E-state index in [0.717, 1.165) is 50.7 Å². The molecule has 4 aliphatic carbocycles. The van der Waals surface area contributed by atoms with Crippen LogP contribution in [-0.2, 0) is 9.53 Å². The predicted octanol–water partition coefficient (Wildman–Crippen LogP) is 6.50. The molecule has 1 saturated heterocycles. The van der Waals surface area contributed by atoms with Gasteiger partial charge in [0.25, 0.3) is 0 Å². The highest BCUT2D eigenvalue weighted by molar-refractivity contribution is 5.94. The molecule has 1 aromatic rings. The van der Waals surface area contributed by atoms with Gasteiger partial charge in [0.15, 0.2) is 11.6 Å². The molecular weight excluding hydrogens is 408 g/mol. The number of benzene rings is 1. The topological polar surface area (TPSA) is 43.4 Å². The van der Waals surface area contributed by atoms with E-state index in [0.29, 0.717) is 24.2 Å². The molecule has 3 heteroatoms. The van der Waals surface area contributed by atoms with E-state index in [2.05, 4.69) is 25.6 Å². The zero-order chi connectivity index (χ0) is 23.0. The van der Waals surface area contributed by atoms with E-state index < -0.39 is 0 Å². The van der Waals surface area contributed by atoms with E-state index >= 15 is 0 Å². The molecule has 1 aromatic carbocycles. The maximum absolute atomic E-state index is 12.2. The highest BCUT2D eigenvalue weighted by atomic mass is 16.5. The summed E-state index contributed by atoms with van der Waals surface area (Å²) < 4.78 is 6.61. The minimum atomic E-state index is -0.190. The van der Waals surface area contributed by atoms with E-state index in [1.165, 1.54) is 28.7 Å². The van der Waals surface area contributed by atoms with Crippen molar-refractivity contribution >= 4 is 11.6 Å². The van der Waals surface area contributed by atoms with Crippen LogP contribution in [0.3, 0.4) is 0 Å². The Morgan fingerprint density at radius 2 is 1.88 bits per heavy atom. The summed E-state index contributed by atoms with van der Waals surface area (Å²) in [6.45, 7) is 9.42. The molecule has 5 atom stereocenters. The fourth-order valence-corrected chi connectivity index (χ4v) is 8.37. The quantitative estimate of drug-likeness (QED) is 0.388. The molecule has 0 bridgehead atoms. The summed E-state index contributed by atoms with van der Waals surface area (Å²) in [4.78, 5) is 24.1. The molecule has 5 aliphatic rings. The summed E-state index contributed by atoms with van der Waals surface area (Å²) in [6, 6.07) is 8.33. The van der Waals surface area contributed by atoms with Crippen molar-refractivity contribution in [3.05, 3.63) is 70.3 Å². The van der Waals surface area contributed by atoms with Gasteiger partial charge in [-0.15, -0.1) is 0 Å². The summed E-state index contributed by atoms with van der Waals surface area (Å²) >= 11 is 0. The number of ether oxygens (including phenoxy) is 1. The van der Waals surface area contributed by atoms with Crippen LogP contribution in [0.1, 0.15) is 87.1 Å². The van der Waals surface area contributed by atoms with E-state index in [1.807, 2.05) is 18.2 Å². The van der Waals surface area contributed by atoms with Gasteiger partial charge in [-0.1, -0.05) is 43.3 Å². The first-order valence-electron chi connectivity index (χ1n) is 12.7. The third-order valence-electron chi connectivity index (χ3n) is 9.90. The Labute approximate surface area is 197 Å². The van der Waals surface area contributed by atoms with Crippen LogP contribution >= 0.6 is 0 Å². The van der Waals surface area contributed by atoms with Crippen molar-refractivity contribution in [3.8, 4) is 0 Å². The van der Waals surface area contributed by atoms with Crippen LogP contribution < -0.4 is 0 Å². The highest BCUT2D eigenvalue weighted by Gasteiger charge is 2.65. The highest BCUT2D eigenvalue weighted by Crippen LogP contribution is 2.70. The summed E-state index contributed by atoms with van der Waals surface area (Å²) in [7, 11) is 0. The lowest BCUT2D eigenvalue weighted by Gasteiger charge is -2.55. The maximum atomic E-state index is 12.2. The molecule has 3 fully saturated rings. The standard InChI is InChI=1S/C30H34O3/c1-18-13-15-33-30(18)14-12-27-25-10-8-22-16-23(32)9-11-24(22)28(25)26(17-29(27,30)3)21-6-4-20(5-7-21)19(2)31/h4-7,16,25-27H,1,8-15,17H2,2-3H3/t25?,26-,27+,29+,30-/m1/s1. The zero-order valence-electron chi connectivity index (χ0n) is 19.9. The third-order valence-corrected chi connectivity index (χ3v) is 9.90. The Morgan fingerprint density at radius 3 is 2.58 bits per heavy atom. The summed E-state index contributed by atoms with van der Waals surface area (Å²) in [6.07, 6.45) is 9.92. The Morgan fingerprint density at radius 1 is 1.09 bits per heavy atom. The molecular formula is C30H34O3. The first-order chi connectivity index (χ1) is 15.8. The van der Waals surface area contributed by atoms with Crippen LogP contribution in [0, 0.1) is 17.3 Å². The Balaban J connectivity index is 1.52. The largest absolute Gasteiger partial charge is 0.370 e. The summed E-state index contributed by atoms with van der Waals surface area (Å²) in [5.74, 6) is 1.83. The summed E-state index contributed by atoms with van der Waals surface area (Å²) in [5.41, 5.74) is 7.60. The summed E-state index contributed by atoms with van der Waals surface area (Å²) in [5, 5.41) is 0. The molecule has 1 spiro atoms. The van der Waals surface area contributed by atoms with Crippen LogP contribution in [0.4, 0.5) is 0 Å². The lowest BCUT2D eigenvalue weighted by molar-refractivity contribution is -0.114. The van der Waals surface area contributed by atoms with Gasteiger partial charge in [-0.3, -0.25) is 9.59 Å². The van der Waals surface area contributed by atoms with Crippen LogP contribution in [0.5, 0.6) is 0 Å². The van der Waals surface area contributed by atoms with Gasteiger partial charge in [0.1, 0.15) is 0 Å². The second-order valence-corrected chi connectivity index (χ2v) is 11.2. The van der Waals surface area contributed by atoms with Gasteiger partial charge >= 0.3 is 0 Å². The zero-order valence-corrected chi connectivity index (χ0v) is 19.9. The Hall–Kier alpha value is -2.26. The molecule has 1 aliphatic heterocycles. The van der Waals surface area contributed by atoms with Gasteiger partial charge in [0, 0.05) is 23.3 Å². The Bertz CT molecular complexity index is 1120. The van der Waals surface area contributed by atoms with Crippen molar-refractivity contribution in [2.75, 3.05) is 6.61 Å². The van der Waals surface area contributed by atoms with Gasteiger partial charge in [-0.05, 0) is 92.1 Å². The molecule has 2 saturated carbocycles. The SMILES string of the molecule is C=C1CCO[C@]12CC[C@H]1C3CCC4=CC(=O)CCC4=C3[C@@H](c3ccc(C(C)=O)cc3)C[C@@]12C. The normalized spacial score (nSPS) is 37.6. The van der Waals surface area contributed by atoms with Crippen LogP contribution in [0.15, 0.2) is 59.2 Å². The predicted molar refractivity (Wildman–Crippen MR) is 129 cm³/mol. The van der Waals surface area contributed by atoms with Gasteiger partial charge in [-0.25, -0.2) is 0 Å². The molecule has 3 nitrogen and oxygen atoms in total. The first kappa shape index (κ1) is 21.3. The maximum Gasteiger partial charge on any atom is 0.159 e. The Kier molecular flexibility index (Phi) is 4.75. The number of hydrogen-bond acceptors (Lipinski definition) is 3. The van der Waals surface area contributed by atoms with Gasteiger partial charge in [0.05, 0.1) is 12.2 Å². The van der Waals surface area contributed by atoms with E-state index in [1.54, 1.807) is 12.5 Å². The van der Waals surface area contributed by atoms with Gasteiger partial charge < -0.3 is 4.74 Å². The number of hydrogen-bond donors (Lipinski definition) is 0. The number of carbonyl (C=O) groups excluding carboxylic acids is 2. The average Bonchev–Trinajstić information content (AvgIpc) is 3.33. The van der Waals surface area contributed by atoms with Crippen molar-refractivity contribution in [2.45, 2.75) is 76.7 Å². The number of fused-ring (bicyclic) bond motifs is 5. The van der Waals surface area contributed by atoms with Gasteiger partial charge in [-0.2, -0.15) is 0 Å². The monoisotopic (exact) mass is 442 g/mol. The molecule has 1 unspecified atom stereocenters. The fraction of sp³-hybridized carbons (Fsp3) is 0.533. The lowest BCUT2D eigenvalue weighted by atomic mass is 9.50. The van der Waals surface area contributed by atoms with Crippen molar-refractivity contribution in [3.63, 3.8) is 0 Å². The number of allylic oxidation sites excluding steroid dienone is 4. The number of ketones is 2. The third kappa shape index (κ3) is 2.91.